The van der Waals surface area contributed by atoms with Crippen molar-refractivity contribution < 1.29 is 9.21 Å². The van der Waals surface area contributed by atoms with Gasteiger partial charge in [0, 0.05) is 18.7 Å². The molecular formula is C18H26N4O4. The normalized spacial score (nSPS) is 10.9. The number of hydrogen-bond acceptors (Lipinski definition) is 5. The first-order chi connectivity index (χ1) is 12.4. The minimum absolute atomic E-state index is 0.000798. The van der Waals surface area contributed by atoms with E-state index in [0.29, 0.717) is 25.1 Å². The number of unbranched alkanes of at least 4 members (excludes halogenated alkanes) is 2. The molecule has 0 saturated carbocycles. The van der Waals surface area contributed by atoms with E-state index in [1.807, 2.05) is 13.8 Å². The highest BCUT2D eigenvalue weighted by Gasteiger charge is 2.27. The molecule has 0 aliphatic heterocycles. The Morgan fingerprint density at radius 2 is 1.96 bits per heavy atom. The molecule has 0 fully saturated rings. The lowest BCUT2D eigenvalue weighted by atomic mass is 10.2. The Kier molecular flexibility index (Phi) is 6.43. The zero-order valence-corrected chi connectivity index (χ0v) is 15.5. The summed E-state index contributed by atoms with van der Waals surface area (Å²) in [5.74, 6) is -0.286. The van der Waals surface area contributed by atoms with E-state index in [2.05, 4.69) is 4.98 Å². The maximum atomic E-state index is 13.0. The molecule has 0 bridgehead atoms. The molecule has 8 heteroatoms. The van der Waals surface area contributed by atoms with E-state index in [-0.39, 0.29) is 17.3 Å². The third-order valence-electron chi connectivity index (χ3n) is 4.26. The van der Waals surface area contributed by atoms with Gasteiger partial charge in [-0.25, -0.2) is 4.79 Å². The number of carbonyl (C=O) groups excluding carboxylic acids is 1. The second kappa shape index (κ2) is 8.55. The van der Waals surface area contributed by atoms with Crippen LogP contribution in [0.4, 0.5) is 11.5 Å². The van der Waals surface area contributed by atoms with Gasteiger partial charge in [0.15, 0.2) is 11.4 Å². The highest BCUT2D eigenvalue weighted by atomic mass is 16.3. The smallest absolute Gasteiger partial charge is 0.330 e. The van der Waals surface area contributed by atoms with Crippen LogP contribution in [0, 0.1) is 6.92 Å². The Morgan fingerprint density at radius 1 is 1.27 bits per heavy atom. The minimum atomic E-state index is -0.672. The quantitative estimate of drug-likeness (QED) is 0.747. The van der Waals surface area contributed by atoms with Crippen LogP contribution in [-0.4, -0.2) is 22.0 Å². The van der Waals surface area contributed by atoms with Crippen molar-refractivity contribution >= 4 is 17.4 Å². The standard InChI is InChI=1S/C18H26N4O4/c1-4-6-9-21(17(24)14-12(3)8-11-26-14)13-15(19)22(10-7-5-2)18(25)20-16(13)23/h8,11H,4-7,9-10,19H2,1-3H3,(H,20,23,25). The number of aryl methyl sites for hydroxylation is 1. The van der Waals surface area contributed by atoms with Crippen LogP contribution < -0.4 is 21.9 Å². The van der Waals surface area contributed by atoms with Gasteiger partial charge in [-0.15, -0.1) is 0 Å². The van der Waals surface area contributed by atoms with Crippen LogP contribution in [-0.2, 0) is 6.54 Å². The minimum Gasteiger partial charge on any atom is -0.459 e. The average molecular weight is 362 g/mol. The van der Waals surface area contributed by atoms with Crippen LogP contribution in [0.25, 0.3) is 0 Å². The fourth-order valence-electron chi connectivity index (χ4n) is 2.72. The number of aromatic nitrogens is 2. The fraction of sp³-hybridized carbons (Fsp3) is 0.500. The first-order valence-corrected chi connectivity index (χ1v) is 8.90. The summed E-state index contributed by atoms with van der Waals surface area (Å²) < 4.78 is 6.60. The monoisotopic (exact) mass is 362 g/mol. The van der Waals surface area contributed by atoms with E-state index in [9.17, 15) is 14.4 Å². The molecule has 2 rings (SSSR count). The predicted octanol–water partition coefficient (Wildman–Crippen LogP) is 2.27. The number of furan rings is 1. The Balaban J connectivity index is 2.57. The van der Waals surface area contributed by atoms with Crippen LogP contribution in [0.1, 0.15) is 55.6 Å². The molecule has 26 heavy (non-hydrogen) atoms. The van der Waals surface area contributed by atoms with Crippen LogP contribution in [0.5, 0.6) is 0 Å². The number of nitrogens with zero attached hydrogens (tertiary/aromatic N) is 2. The van der Waals surface area contributed by atoms with Crippen molar-refractivity contribution in [3.05, 3.63) is 44.5 Å². The van der Waals surface area contributed by atoms with Gasteiger partial charge in [-0.05, 0) is 25.8 Å². The summed E-state index contributed by atoms with van der Waals surface area (Å²) in [6, 6.07) is 1.68. The van der Waals surface area contributed by atoms with E-state index in [1.54, 1.807) is 13.0 Å². The van der Waals surface area contributed by atoms with Crippen LogP contribution in [0.3, 0.4) is 0 Å². The molecule has 0 unspecified atom stereocenters. The number of carbonyl (C=O) groups is 1. The van der Waals surface area contributed by atoms with Crippen molar-refractivity contribution in [3.8, 4) is 0 Å². The molecule has 2 heterocycles. The number of nitrogen functional groups attached to an aromatic ring is 1. The van der Waals surface area contributed by atoms with Gasteiger partial charge >= 0.3 is 5.69 Å². The summed E-state index contributed by atoms with van der Waals surface area (Å²) >= 11 is 0. The number of nitrogens with two attached hydrogens (primary N) is 1. The highest BCUT2D eigenvalue weighted by Crippen LogP contribution is 2.22. The van der Waals surface area contributed by atoms with Crippen molar-refractivity contribution in [2.75, 3.05) is 17.2 Å². The van der Waals surface area contributed by atoms with Crippen molar-refractivity contribution in [3.63, 3.8) is 0 Å². The second-order valence-corrected chi connectivity index (χ2v) is 6.24. The molecule has 8 nitrogen and oxygen atoms in total. The van der Waals surface area contributed by atoms with Gasteiger partial charge in [0.1, 0.15) is 5.82 Å². The molecule has 2 aromatic heterocycles. The average Bonchev–Trinajstić information content (AvgIpc) is 3.02. The van der Waals surface area contributed by atoms with Crippen LogP contribution >= 0.6 is 0 Å². The third-order valence-corrected chi connectivity index (χ3v) is 4.26. The third kappa shape index (κ3) is 3.89. The fourth-order valence-corrected chi connectivity index (χ4v) is 2.72. The van der Waals surface area contributed by atoms with E-state index < -0.39 is 17.2 Å². The molecular weight excluding hydrogens is 336 g/mol. The number of nitrogens with one attached hydrogen (secondary N) is 1. The molecule has 0 atom stereocenters. The molecule has 0 aromatic carbocycles. The Bertz CT molecular complexity index is 878. The summed E-state index contributed by atoms with van der Waals surface area (Å²) in [6.45, 7) is 6.40. The number of hydrogen-bond donors (Lipinski definition) is 2. The summed E-state index contributed by atoms with van der Waals surface area (Å²) in [7, 11) is 0. The molecule has 3 N–H and O–H groups in total. The lowest BCUT2D eigenvalue weighted by molar-refractivity contribution is 0.0958. The van der Waals surface area contributed by atoms with Gasteiger partial charge in [0.25, 0.3) is 11.5 Å². The summed E-state index contributed by atoms with van der Waals surface area (Å²) in [6.07, 6.45) is 4.53. The Morgan fingerprint density at radius 3 is 2.54 bits per heavy atom. The molecule has 1 amide bonds. The van der Waals surface area contributed by atoms with Gasteiger partial charge in [-0.2, -0.15) is 0 Å². The molecule has 0 spiro atoms. The molecule has 142 valence electrons. The van der Waals surface area contributed by atoms with Crippen LogP contribution in [0.15, 0.2) is 26.3 Å². The second-order valence-electron chi connectivity index (χ2n) is 6.24. The Labute approximate surface area is 151 Å². The van der Waals surface area contributed by atoms with Crippen LogP contribution in [0.2, 0.25) is 0 Å². The maximum Gasteiger partial charge on any atom is 0.330 e. The summed E-state index contributed by atoms with van der Waals surface area (Å²) in [5.41, 5.74) is 5.57. The SMILES string of the molecule is CCCCN(C(=O)c1occc1C)c1c(N)n(CCCC)c(=O)[nH]c1=O. The predicted molar refractivity (Wildman–Crippen MR) is 101 cm³/mol. The summed E-state index contributed by atoms with van der Waals surface area (Å²) in [5, 5.41) is 0. The number of aromatic amines is 1. The molecule has 0 aliphatic carbocycles. The van der Waals surface area contributed by atoms with Crippen molar-refractivity contribution in [2.24, 2.45) is 0 Å². The van der Waals surface area contributed by atoms with Gasteiger partial charge in [-0.3, -0.25) is 24.0 Å². The Hall–Kier alpha value is -2.77. The lowest BCUT2D eigenvalue weighted by Gasteiger charge is -2.24. The van der Waals surface area contributed by atoms with Crippen molar-refractivity contribution in [1.82, 2.24) is 9.55 Å². The van der Waals surface area contributed by atoms with Gasteiger partial charge < -0.3 is 10.2 Å². The number of H-pyrrole nitrogens is 1. The molecule has 0 aliphatic rings. The first-order valence-electron chi connectivity index (χ1n) is 8.90. The highest BCUT2D eigenvalue weighted by molar-refractivity contribution is 6.06. The van der Waals surface area contributed by atoms with Crippen molar-refractivity contribution in [1.29, 1.82) is 0 Å². The van der Waals surface area contributed by atoms with Gasteiger partial charge in [0.2, 0.25) is 0 Å². The molecule has 0 saturated heterocycles. The zero-order valence-electron chi connectivity index (χ0n) is 15.5. The number of amides is 1. The number of anilines is 2. The van der Waals surface area contributed by atoms with Gasteiger partial charge in [-0.1, -0.05) is 26.7 Å². The van der Waals surface area contributed by atoms with E-state index >= 15 is 0 Å². The zero-order chi connectivity index (χ0) is 19.3. The van der Waals surface area contributed by atoms with E-state index in [4.69, 9.17) is 10.2 Å². The molecule has 2 aromatic rings. The largest absolute Gasteiger partial charge is 0.459 e. The maximum absolute atomic E-state index is 13.0. The first kappa shape index (κ1) is 19.6. The topological polar surface area (TPSA) is 114 Å². The molecule has 0 radical (unpaired) electrons. The van der Waals surface area contributed by atoms with E-state index in [0.717, 1.165) is 19.3 Å². The van der Waals surface area contributed by atoms with Crippen molar-refractivity contribution in [2.45, 2.75) is 53.0 Å². The van der Waals surface area contributed by atoms with E-state index in [1.165, 1.54) is 15.7 Å². The lowest BCUT2D eigenvalue weighted by Crippen LogP contribution is -2.41. The number of rotatable bonds is 8. The summed E-state index contributed by atoms with van der Waals surface area (Å²) in [4.78, 5) is 41.2. The van der Waals surface area contributed by atoms with Gasteiger partial charge in [0.05, 0.1) is 6.26 Å².